The van der Waals surface area contributed by atoms with Crippen molar-refractivity contribution in [1.29, 1.82) is 0 Å². The number of carbonyl (C=O) groups excluding carboxylic acids is 1. The summed E-state index contributed by atoms with van der Waals surface area (Å²) in [6.45, 7) is 6.05. The predicted octanol–water partition coefficient (Wildman–Crippen LogP) is 3.38. The molecule has 2 unspecified atom stereocenters. The molecule has 27 heavy (non-hydrogen) atoms. The summed E-state index contributed by atoms with van der Waals surface area (Å²) >= 11 is 0. The van der Waals surface area contributed by atoms with E-state index in [1.807, 2.05) is 7.05 Å². The summed E-state index contributed by atoms with van der Waals surface area (Å²) in [5, 5.41) is 3.23. The highest BCUT2D eigenvalue weighted by Crippen LogP contribution is 2.25. The molecule has 2 aliphatic heterocycles. The van der Waals surface area contributed by atoms with Gasteiger partial charge in [-0.15, -0.1) is 24.8 Å². The lowest BCUT2D eigenvalue weighted by Crippen LogP contribution is -2.52. The fourth-order valence-corrected chi connectivity index (χ4v) is 4.46. The highest BCUT2D eigenvalue weighted by molar-refractivity contribution is 5.85. The van der Waals surface area contributed by atoms with Crippen LogP contribution in [0.3, 0.4) is 0 Å². The van der Waals surface area contributed by atoms with Crippen LogP contribution in [0.2, 0.25) is 0 Å². The lowest BCUT2D eigenvalue weighted by Gasteiger charge is -2.38. The molecule has 0 aliphatic carbocycles. The zero-order valence-corrected chi connectivity index (χ0v) is 18.2. The van der Waals surface area contributed by atoms with Crippen molar-refractivity contribution in [1.82, 2.24) is 15.1 Å². The molecule has 0 bridgehead atoms. The van der Waals surface area contributed by atoms with Crippen LogP contribution in [0.1, 0.15) is 38.2 Å². The van der Waals surface area contributed by atoms with Gasteiger partial charge in [0.25, 0.3) is 0 Å². The molecule has 0 radical (unpaired) electrons. The van der Waals surface area contributed by atoms with Gasteiger partial charge in [0, 0.05) is 19.1 Å². The minimum Gasteiger partial charge on any atom is -0.337 e. The fourth-order valence-electron chi connectivity index (χ4n) is 4.46. The molecule has 2 saturated heterocycles. The number of rotatable bonds is 6. The number of piperidine rings is 1. The van der Waals surface area contributed by atoms with Gasteiger partial charge in [-0.1, -0.05) is 30.3 Å². The molecular weight excluding hydrogens is 381 g/mol. The second-order valence-corrected chi connectivity index (χ2v) is 7.73. The van der Waals surface area contributed by atoms with Gasteiger partial charge in [-0.3, -0.25) is 9.69 Å². The Bertz CT molecular complexity index is 550. The van der Waals surface area contributed by atoms with E-state index in [1.165, 1.54) is 24.8 Å². The first-order valence-electron chi connectivity index (χ1n) is 9.92. The summed E-state index contributed by atoms with van der Waals surface area (Å²) in [7, 11) is 1.97. The molecule has 2 fully saturated rings. The largest absolute Gasteiger partial charge is 0.337 e. The van der Waals surface area contributed by atoms with Gasteiger partial charge in [-0.25, -0.2) is 0 Å². The molecule has 0 spiro atoms. The quantitative estimate of drug-likeness (QED) is 0.772. The Kier molecular flexibility index (Phi) is 10.7. The lowest BCUT2D eigenvalue weighted by atomic mass is 9.89. The number of nitrogens with one attached hydrogen (secondary N) is 1. The summed E-state index contributed by atoms with van der Waals surface area (Å²) < 4.78 is 0. The third-order valence-electron chi connectivity index (χ3n) is 6.02. The standard InChI is InChI=1S/C21H33N3O.2ClH/c1-17(21(25)24-12-6-9-20(24)16-22-2)23-13-10-19(11-14-23)15-18-7-4-3-5-8-18;;/h3-5,7-8,17,19-20,22H,6,9-16H2,1-2H3;2*1H. The molecule has 0 aromatic heterocycles. The van der Waals surface area contributed by atoms with E-state index in [9.17, 15) is 4.79 Å². The van der Waals surface area contributed by atoms with Crippen LogP contribution in [0.15, 0.2) is 30.3 Å². The molecule has 2 aliphatic rings. The number of benzene rings is 1. The van der Waals surface area contributed by atoms with Crippen molar-refractivity contribution in [3.8, 4) is 0 Å². The minimum absolute atomic E-state index is 0. The van der Waals surface area contributed by atoms with Crippen LogP contribution in [0.25, 0.3) is 0 Å². The maximum Gasteiger partial charge on any atom is 0.239 e. The minimum atomic E-state index is 0. The summed E-state index contributed by atoms with van der Waals surface area (Å²) in [5.41, 5.74) is 1.44. The Balaban J connectivity index is 0.00000182. The zero-order valence-electron chi connectivity index (χ0n) is 16.6. The zero-order chi connectivity index (χ0) is 17.6. The molecule has 154 valence electrons. The van der Waals surface area contributed by atoms with E-state index < -0.39 is 0 Å². The smallest absolute Gasteiger partial charge is 0.239 e. The van der Waals surface area contributed by atoms with Crippen LogP contribution in [0, 0.1) is 5.92 Å². The van der Waals surface area contributed by atoms with Crippen LogP contribution in [0.4, 0.5) is 0 Å². The third-order valence-corrected chi connectivity index (χ3v) is 6.02. The van der Waals surface area contributed by atoms with Crippen LogP contribution in [0.5, 0.6) is 0 Å². The van der Waals surface area contributed by atoms with Gasteiger partial charge in [0.05, 0.1) is 6.04 Å². The topological polar surface area (TPSA) is 35.6 Å². The van der Waals surface area contributed by atoms with E-state index in [0.29, 0.717) is 11.9 Å². The first-order chi connectivity index (χ1) is 12.2. The van der Waals surface area contributed by atoms with Crippen LogP contribution in [-0.4, -0.2) is 61.0 Å². The number of halogens is 2. The molecule has 1 N–H and O–H groups in total. The Labute approximate surface area is 176 Å². The molecule has 0 saturated carbocycles. The number of likely N-dealkylation sites (N-methyl/N-ethyl adjacent to an activating group) is 1. The molecule has 1 aromatic carbocycles. The number of amides is 1. The van der Waals surface area contributed by atoms with E-state index in [1.54, 1.807) is 0 Å². The van der Waals surface area contributed by atoms with Gasteiger partial charge >= 0.3 is 0 Å². The molecule has 2 heterocycles. The van der Waals surface area contributed by atoms with E-state index in [4.69, 9.17) is 0 Å². The number of hydrogen-bond donors (Lipinski definition) is 1. The highest BCUT2D eigenvalue weighted by atomic mass is 35.5. The summed E-state index contributed by atoms with van der Waals surface area (Å²) in [5.74, 6) is 1.09. The van der Waals surface area contributed by atoms with Crippen molar-refractivity contribution in [2.45, 2.75) is 51.1 Å². The second kappa shape index (κ2) is 11.9. The van der Waals surface area contributed by atoms with E-state index in [0.717, 1.165) is 44.9 Å². The van der Waals surface area contributed by atoms with Gasteiger partial charge < -0.3 is 10.2 Å². The van der Waals surface area contributed by atoms with E-state index in [2.05, 4.69) is 52.4 Å². The SMILES string of the molecule is CNCC1CCCN1C(=O)C(C)N1CCC(Cc2ccccc2)CC1.Cl.Cl. The van der Waals surface area contributed by atoms with Gasteiger partial charge in [-0.05, 0) is 70.6 Å². The maximum absolute atomic E-state index is 13.0. The summed E-state index contributed by atoms with van der Waals surface area (Å²) in [4.78, 5) is 17.5. The van der Waals surface area contributed by atoms with Crippen molar-refractivity contribution in [3.63, 3.8) is 0 Å². The Morgan fingerprint density at radius 3 is 2.41 bits per heavy atom. The van der Waals surface area contributed by atoms with Crippen molar-refractivity contribution >= 4 is 30.7 Å². The molecule has 1 aromatic rings. The third kappa shape index (κ3) is 6.35. The first-order valence-corrected chi connectivity index (χ1v) is 9.92. The molecule has 3 rings (SSSR count). The molecule has 2 atom stereocenters. The summed E-state index contributed by atoms with van der Waals surface area (Å²) in [6, 6.07) is 11.2. The molecule has 6 heteroatoms. The monoisotopic (exact) mass is 415 g/mol. The number of carbonyl (C=O) groups is 1. The molecule has 4 nitrogen and oxygen atoms in total. The van der Waals surface area contributed by atoms with Crippen LogP contribution in [-0.2, 0) is 11.2 Å². The Morgan fingerprint density at radius 1 is 1.11 bits per heavy atom. The van der Waals surface area contributed by atoms with Gasteiger partial charge in [-0.2, -0.15) is 0 Å². The number of hydrogen-bond acceptors (Lipinski definition) is 3. The average molecular weight is 416 g/mol. The number of nitrogens with zero attached hydrogens (tertiary/aromatic N) is 2. The molecular formula is C21H35Cl2N3O. The second-order valence-electron chi connectivity index (χ2n) is 7.73. The van der Waals surface area contributed by atoms with Crippen LogP contribution < -0.4 is 5.32 Å². The first kappa shape index (κ1) is 24.2. The lowest BCUT2D eigenvalue weighted by molar-refractivity contribution is -0.137. The van der Waals surface area contributed by atoms with E-state index >= 15 is 0 Å². The van der Waals surface area contributed by atoms with Crippen LogP contribution >= 0.6 is 24.8 Å². The van der Waals surface area contributed by atoms with Gasteiger partial charge in [0.2, 0.25) is 5.91 Å². The highest BCUT2D eigenvalue weighted by Gasteiger charge is 2.34. The number of likely N-dealkylation sites (tertiary alicyclic amines) is 2. The van der Waals surface area contributed by atoms with Crippen molar-refractivity contribution in [2.24, 2.45) is 5.92 Å². The van der Waals surface area contributed by atoms with Crippen molar-refractivity contribution in [2.75, 3.05) is 33.2 Å². The normalized spacial score (nSPS) is 22.0. The van der Waals surface area contributed by atoms with Crippen molar-refractivity contribution < 1.29 is 4.79 Å². The fraction of sp³-hybridized carbons (Fsp3) is 0.667. The Hall–Kier alpha value is -0.810. The molecule has 1 amide bonds. The predicted molar refractivity (Wildman–Crippen MR) is 117 cm³/mol. The maximum atomic E-state index is 13.0. The average Bonchev–Trinajstić information content (AvgIpc) is 3.11. The van der Waals surface area contributed by atoms with Crippen molar-refractivity contribution in [3.05, 3.63) is 35.9 Å². The van der Waals surface area contributed by atoms with Gasteiger partial charge in [0.1, 0.15) is 0 Å². The van der Waals surface area contributed by atoms with E-state index in [-0.39, 0.29) is 30.9 Å². The summed E-state index contributed by atoms with van der Waals surface area (Å²) in [6.07, 6.45) is 5.86. The Morgan fingerprint density at radius 2 is 1.78 bits per heavy atom. The van der Waals surface area contributed by atoms with Gasteiger partial charge in [0.15, 0.2) is 0 Å².